The summed E-state index contributed by atoms with van der Waals surface area (Å²) >= 11 is 1.57. The van der Waals surface area contributed by atoms with E-state index in [9.17, 15) is 4.79 Å². The van der Waals surface area contributed by atoms with Crippen LogP contribution in [-0.4, -0.2) is 78.0 Å². The quantitative estimate of drug-likeness (QED) is 0.137. The highest BCUT2D eigenvalue weighted by atomic mass is 32.1. The molecule has 4 aromatic rings. The number of aliphatic hydroxyl groups excluding tert-OH is 1. The van der Waals surface area contributed by atoms with Gasteiger partial charge in [0.05, 0.1) is 60.5 Å². The van der Waals surface area contributed by atoms with Crippen LogP contribution in [0.3, 0.4) is 0 Å². The average Bonchev–Trinajstić information content (AvgIpc) is 3.38. The van der Waals surface area contributed by atoms with Gasteiger partial charge in [0.1, 0.15) is 23.9 Å². The van der Waals surface area contributed by atoms with E-state index in [0.717, 1.165) is 32.0 Å². The zero-order valence-electron chi connectivity index (χ0n) is 22.7. The topological polar surface area (TPSA) is 92.7 Å². The molecule has 0 aliphatic carbocycles. The molecule has 0 unspecified atom stereocenters. The molecule has 0 bridgehead atoms. The second kappa shape index (κ2) is 15.4. The standard InChI is InChI=1S/C31H34O8S/c1-34-24-7-5-23(6-8-24)31-29(27-12-11-26(35-2)21-28(27)40-31)30(33)22-3-9-25(10-4-22)39-20-19-38-18-17-37-16-15-36-14-13-32/h3-12,21,32H,13-20H2,1-2H3. The summed E-state index contributed by atoms with van der Waals surface area (Å²) in [7, 11) is 3.27. The van der Waals surface area contributed by atoms with Crippen LogP contribution in [0.5, 0.6) is 17.2 Å². The van der Waals surface area contributed by atoms with Crippen molar-refractivity contribution >= 4 is 27.2 Å². The molecule has 3 aromatic carbocycles. The van der Waals surface area contributed by atoms with Crippen LogP contribution < -0.4 is 14.2 Å². The number of carbonyl (C=O) groups excluding carboxylic acids is 1. The lowest BCUT2D eigenvalue weighted by atomic mass is 9.97. The molecule has 40 heavy (non-hydrogen) atoms. The maximum absolute atomic E-state index is 13.8. The number of rotatable bonds is 17. The second-order valence-electron chi connectivity index (χ2n) is 8.66. The lowest BCUT2D eigenvalue weighted by Gasteiger charge is -2.09. The molecule has 0 saturated heterocycles. The van der Waals surface area contributed by atoms with Crippen LogP contribution in [0, 0.1) is 0 Å². The molecule has 0 saturated carbocycles. The minimum atomic E-state index is -0.0566. The highest BCUT2D eigenvalue weighted by molar-refractivity contribution is 7.22. The van der Waals surface area contributed by atoms with Gasteiger partial charge in [0.2, 0.25) is 0 Å². The van der Waals surface area contributed by atoms with E-state index in [0.29, 0.717) is 63.1 Å². The third-order valence-electron chi connectivity index (χ3n) is 6.07. The van der Waals surface area contributed by atoms with Crippen molar-refractivity contribution in [1.82, 2.24) is 0 Å². The Morgan fingerprint density at radius 1 is 0.700 bits per heavy atom. The van der Waals surface area contributed by atoms with Crippen LogP contribution in [0.1, 0.15) is 15.9 Å². The number of aliphatic hydroxyl groups is 1. The predicted molar refractivity (Wildman–Crippen MR) is 155 cm³/mol. The molecule has 0 aliphatic rings. The summed E-state index contributed by atoms with van der Waals surface area (Å²) in [5.41, 5.74) is 2.19. The summed E-state index contributed by atoms with van der Waals surface area (Å²) in [5.74, 6) is 2.11. The van der Waals surface area contributed by atoms with Crippen molar-refractivity contribution in [2.45, 2.75) is 0 Å². The molecular formula is C31H34O8S. The molecule has 1 heterocycles. The zero-order chi connectivity index (χ0) is 28.2. The van der Waals surface area contributed by atoms with E-state index < -0.39 is 0 Å². The van der Waals surface area contributed by atoms with Crippen LogP contribution in [0.15, 0.2) is 66.7 Å². The fraction of sp³-hybridized carbons (Fsp3) is 0.323. The molecular weight excluding hydrogens is 532 g/mol. The van der Waals surface area contributed by atoms with Crippen LogP contribution >= 0.6 is 11.3 Å². The largest absolute Gasteiger partial charge is 0.497 e. The first-order valence-electron chi connectivity index (χ1n) is 13.0. The van der Waals surface area contributed by atoms with Crippen molar-refractivity contribution in [1.29, 1.82) is 0 Å². The molecule has 0 fully saturated rings. The van der Waals surface area contributed by atoms with Crippen LogP contribution in [0.25, 0.3) is 20.5 Å². The summed E-state index contributed by atoms with van der Waals surface area (Å²) in [5, 5.41) is 9.53. The van der Waals surface area contributed by atoms with Gasteiger partial charge in [0, 0.05) is 26.1 Å². The van der Waals surface area contributed by atoms with E-state index in [-0.39, 0.29) is 12.4 Å². The molecule has 1 N–H and O–H groups in total. The van der Waals surface area contributed by atoms with Crippen LogP contribution in [-0.2, 0) is 14.2 Å². The Bertz CT molecular complexity index is 1350. The second-order valence-corrected chi connectivity index (χ2v) is 9.71. The maximum atomic E-state index is 13.8. The Morgan fingerprint density at radius 3 is 1.90 bits per heavy atom. The van der Waals surface area contributed by atoms with Crippen LogP contribution in [0.4, 0.5) is 0 Å². The number of methoxy groups -OCH3 is 2. The number of thiophene rings is 1. The first-order valence-corrected chi connectivity index (χ1v) is 13.8. The Hall–Kier alpha value is -3.47. The van der Waals surface area contributed by atoms with Gasteiger partial charge < -0.3 is 33.5 Å². The number of carbonyl (C=O) groups is 1. The Morgan fingerprint density at radius 2 is 1.27 bits per heavy atom. The van der Waals surface area contributed by atoms with E-state index in [1.807, 2.05) is 42.5 Å². The normalized spacial score (nSPS) is 11.1. The summed E-state index contributed by atoms with van der Waals surface area (Å²) in [4.78, 5) is 14.7. The summed E-state index contributed by atoms with van der Waals surface area (Å²) < 4.78 is 33.5. The van der Waals surface area contributed by atoms with Crippen molar-refractivity contribution in [3.05, 3.63) is 77.9 Å². The SMILES string of the molecule is COc1ccc(-c2sc3cc(OC)ccc3c2C(=O)c2ccc(OCCOCCOCCOCCO)cc2)cc1. The molecule has 0 amide bonds. The number of hydrogen-bond acceptors (Lipinski definition) is 9. The predicted octanol–water partition coefficient (Wildman–Crippen LogP) is 5.24. The van der Waals surface area contributed by atoms with Gasteiger partial charge >= 0.3 is 0 Å². The smallest absolute Gasteiger partial charge is 0.195 e. The van der Waals surface area contributed by atoms with Gasteiger partial charge in [-0.15, -0.1) is 11.3 Å². The molecule has 1 aromatic heterocycles. The third kappa shape index (κ3) is 7.80. The summed E-state index contributed by atoms with van der Waals surface area (Å²) in [6.07, 6.45) is 0. The van der Waals surface area contributed by atoms with Gasteiger partial charge in [-0.25, -0.2) is 0 Å². The monoisotopic (exact) mass is 566 g/mol. The Labute approximate surface area is 238 Å². The molecule has 0 radical (unpaired) electrons. The Balaban J connectivity index is 1.38. The lowest BCUT2D eigenvalue weighted by Crippen LogP contribution is -2.13. The van der Waals surface area contributed by atoms with Crippen molar-refractivity contribution < 1.29 is 38.3 Å². The van der Waals surface area contributed by atoms with E-state index in [1.54, 1.807) is 49.8 Å². The number of ether oxygens (including phenoxy) is 6. The minimum Gasteiger partial charge on any atom is -0.497 e. The number of fused-ring (bicyclic) bond motifs is 1. The molecule has 8 nitrogen and oxygen atoms in total. The lowest BCUT2D eigenvalue weighted by molar-refractivity contribution is 0.00361. The fourth-order valence-electron chi connectivity index (χ4n) is 4.05. The van der Waals surface area contributed by atoms with Gasteiger partial charge in [-0.1, -0.05) is 0 Å². The van der Waals surface area contributed by atoms with E-state index >= 15 is 0 Å². The van der Waals surface area contributed by atoms with E-state index in [1.165, 1.54) is 0 Å². The maximum Gasteiger partial charge on any atom is 0.195 e. The first-order chi connectivity index (χ1) is 19.6. The molecule has 0 spiro atoms. The van der Waals surface area contributed by atoms with Crippen molar-refractivity contribution in [2.75, 3.05) is 67.1 Å². The highest BCUT2D eigenvalue weighted by Gasteiger charge is 2.22. The van der Waals surface area contributed by atoms with Gasteiger partial charge in [0.25, 0.3) is 0 Å². The van der Waals surface area contributed by atoms with Gasteiger partial charge in [-0.05, 0) is 72.3 Å². The zero-order valence-corrected chi connectivity index (χ0v) is 23.5. The first kappa shape index (κ1) is 29.5. The van der Waals surface area contributed by atoms with Crippen LogP contribution in [0.2, 0.25) is 0 Å². The fourth-order valence-corrected chi connectivity index (χ4v) is 5.28. The van der Waals surface area contributed by atoms with Gasteiger partial charge in [-0.2, -0.15) is 0 Å². The average molecular weight is 567 g/mol. The summed E-state index contributed by atoms with van der Waals surface area (Å²) in [6, 6.07) is 20.7. The van der Waals surface area contributed by atoms with Crippen molar-refractivity contribution in [3.8, 4) is 27.7 Å². The van der Waals surface area contributed by atoms with E-state index in [4.69, 9.17) is 33.5 Å². The summed E-state index contributed by atoms with van der Waals surface area (Å²) in [6.45, 7) is 2.94. The number of benzene rings is 3. The molecule has 0 atom stereocenters. The Kier molecular flexibility index (Phi) is 11.3. The molecule has 4 rings (SSSR count). The van der Waals surface area contributed by atoms with E-state index in [2.05, 4.69) is 0 Å². The highest BCUT2D eigenvalue weighted by Crippen LogP contribution is 2.41. The molecule has 212 valence electrons. The minimum absolute atomic E-state index is 0.00937. The molecule has 0 aliphatic heterocycles. The van der Waals surface area contributed by atoms with Crippen molar-refractivity contribution in [3.63, 3.8) is 0 Å². The molecule has 9 heteroatoms. The van der Waals surface area contributed by atoms with Crippen molar-refractivity contribution in [2.24, 2.45) is 0 Å². The number of ketones is 1. The van der Waals surface area contributed by atoms with Gasteiger partial charge in [-0.3, -0.25) is 4.79 Å². The van der Waals surface area contributed by atoms with Gasteiger partial charge in [0.15, 0.2) is 5.78 Å². The number of hydrogen-bond donors (Lipinski definition) is 1. The third-order valence-corrected chi connectivity index (χ3v) is 7.27.